The van der Waals surface area contributed by atoms with Gasteiger partial charge in [0.25, 0.3) is 5.91 Å². The van der Waals surface area contributed by atoms with E-state index in [0.29, 0.717) is 48.9 Å². The molecule has 1 atom stereocenters. The number of hydrazone groups is 1. The molecule has 2 N–H and O–H groups in total. The third-order valence-electron chi connectivity index (χ3n) is 5.94. The summed E-state index contributed by atoms with van der Waals surface area (Å²) in [5.74, 6) is -0.421. The summed E-state index contributed by atoms with van der Waals surface area (Å²) in [7, 11) is -1.73. The zero-order valence-corrected chi connectivity index (χ0v) is 19.4. The number of benzene rings is 2. The third-order valence-corrected chi connectivity index (χ3v) is 8.16. The summed E-state index contributed by atoms with van der Waals surface area (Å²) >= 11 is 6.28. The standard InChI is InChI=1S/C22H25ClN4O4S/c1-14-12-18(21-19(28)7-6-17(23)20(14)21)24-25-22(29)15-4-3-5-16(13-15)32(30,31)27-10-8-26(2)9-11-27/h3-7,13-14,28H,8-12H2,1-2H3,(H,25,29)/b24-18+. The Morgan fingerprint density at radius 3 is 2.62 bits per heavy atom. The lowest BCUT2D eigenvalue weighted by molar-refractivity contribution is 0.0954. The van der Waals surface area contributed by atoms with Crippen LogP contribution in [0.5, 0.6) is 5.75 Å². The minimum Gasteiger partial charge on any atom is -0.507 e. The quantitative estimate of drug-likeness (QED) is 0.660. The number of likely N-dealkylation sites (N-methyl/N-ethyl adjacent to an activating group) is 1. The van der Waals surface area contributed by atoms with E-state index in [1.807, 2.05) is 14.0 Å². The van der Waals surface area contributed by atoms with E-state index in [2.05, 4.69) is 15.4 Å². The molecular formula is C22H25ClN4O4S. The third kappa shape index (κ3) is 4.25. The molecular weight excluding hydrogens is 452 g/mol. The number of nitrogens with one attached hydrogen (secondary N) is 1. The lowest BCUT2D eigenvalue weighted by Crippen LogP contribution is -2.47. The van der Waals surface area contributed by atoms with Crippen molar-refractivity contribution >= 4 is 33.2 Å². The van der Waals surface area contributed by atoms with Gasteiger partial charge in [0.1, 0.15) is 5.75 Å². The highest BCUT2D eigenvalue weighted by Gasteiger charge is 2.30. The fraction of sp³-hybridized carbons (Fsp3) is 0.364. The number of fused-ring (bicyclic) bond motifs is 1. The monoisotopic (exact) mass is 476 g/mol. The number of rotatable bonds is 4. The van der Waals surface area contributed by atoms with Gasteiger partial charge in [0.05, 0.1) is 10.6 Å². The zero-order valence-electron chi connectivity index (χ0n) is 17.9. The lowest BCUT2D eigenvalue weighted by Gasteiger charge is -2.31. The number of hydrogen-bond acceptors (Lipinski definition) is 6. The van der Waals surface area contributed by atoms with Crippen molar-refractivity contribution in [1.29, 1.82) is 0 Å². The Morgan fingerprint density at radius 1 is 1.19 bits per heavy atom. The van der Waals surface area contributed by atoms with Crippen molar-refractivity contribution in [3.05, 3.63) is 58.1 Å². The van der Waals surface area contributed by atoms with Gasteiger partial charge in [0.15, 0.2) is 0 Å². The lowest BCUT2D eigenvalue weighted by atomic mass is 10.0. The van der Waals surface area contributed by atoms with Gasteiger partial charge in [-0.2, -0.15) is 9.41 Å². The van der Waals surface area contributed by atoms with Crippen molar-refractivity contribution in [1.82, 2.24) is 14.6 Å². The van der Waals surface area contributed by atoms with Crippen molar-refractivity contribution in [2.24, 2.45) is 5.10 Å². The van der Waals surface area contributed by atoms with Gasteiger partial charge in [0.2, 0.25) is 10.0 Å². The average Bonchev–Trinajstić information content (AvgIpc) is 3.12. The van der Waals surface area contributed by atoms with Gasteiger partial charge >= 0.3 is 0 Å². The normalized spacial score (nSPS) is 21.0. The summed E-state index contributed by atoms with van der Waals surface area (Å²) in [6.45, 7) is 4.11. The van der Waals surface area contributed by atoms with E-state index < -0.39 is 15.9 Å². The Morgan fingerprint density at radius 2 is 1.91 bits per heavy atom. The molecule has 0 spiro atoms. The number of phenolic OH excluding ortho intramolecular Hbond substituents is 1. The van der Waals surface area contributed by atoms with E-state index in [1.165, 1.54) is 28.6 Å². The van der Waals surface area contributed by atoms with E-state index in [4.69, 9.17) is 11.6 Å². The highest BCUT2D eigenvalue weighted by Crippen LogP contribution is 2.42. The first kappa shape index (κ1) is 22.7. The zero-order chi connectivity index (χ0) is 23.0. The number of aromatic hydroxyl groups is 1. The number of carbonyl (C=O) groups excluding carboxylic acids is 1. The van der Waals surface area contributed by atoms with E-state index in [9.17, 15) is 18.3 Å². The van der Waals surface area contributed by atoms with Gasteiger partial charge in [-0.05, 0) is 55.3 Å². The smallest absolute Gasteiger partial charge is 0.271 e. The molecule has 1 saturated heterocycles. The number of amides is 1. The van der Waals surface area contributed by atoms with E-state index in [1.54, 1.807) is 12.1 Å². The van der Waals surface area contributed by atoms with Crippen molar-refractivity contribution in [3.8, 4) is 5.75 Å². The predicted octanol–water partition coefficient (Wildman–Crippen LogP) is 2.62. The maximum Gasteiger partial charge on any atom is 0.271 e. The van der Waals surface area contributed by atoms with Crippen LogP contribution in [0.4, 0.5) is 0 Å². The van der Waals surface area contributed by atoms with Gasteiger partial charge in [-0.3, -0.25) is 4.79 Å². The average molecular weight is 477 g/mol. The maximum absolute atomic E-state index is 13.0. The van der Waals surface area contributed by atoms with Crippen LogP contribution in [0.25, 0.3) is 0 Å². The van der Waals surface area contributed by atoms with Crippen LogP contribution in [0.15, 0.2) is 46.4 Å². The molecule has 1 fully saturated rings. The predicted molar refractivity (Wildman–Crippen MR) is 123 cm³/mol. The second-order valence-corrected chi connectivity index (χ2v) is 10.5. The molecule has 0 bridgehead atoms. The van der Waals surface area contributed by atoms with Crippen LogP contribution in [0, 0.1) is 0 Å². The van der Waals surface area contributed by atoms with Crippen LogP contribution in [-0.2, 0) is 10.0 Å². The second-order valence-electron chi connectivity index (χ2n) is 8.19. The van der Waals surface area contributed by atoms with Crippen LogP contribution in [-0.4, -0.2) is 67.6 Å². The first-order chi connectivity index (χ1) is 15.2. The summed E-state index contributed by atoms with van der Waals surface area (Å²) in [5.41, 5.74) is 4.55. The molecule has 32 heavy (non-hydrogen) atoms. The van der Waals surface area contributed by atoms with Gasteiger partial charge in [-0.25, -0.2) is 13.8 Å². The minimum absolute atomic E-state index is 0.0531. The number of halogens is 1. The summed E-state index contributed by atoms with van der Waals surface area (Å²) in [6, 6.07) is 9.08. The van der Waals surface area contributed by atoms with Crippen LogP contribution in [0.1, 0.15) is 40.7 Å². The van der Waals surface area contributed by atoms with Crippen LogP contribution >= 0.6 is 11.6 Å². The van der Waals surface area contributed by atoms with Crippen LogP contribution in [0.3, 0.4) is 0 Å². The number of carbonyl (C=O) groups is 1. The van der Waals surface area contributed by atoms with Gasteiger partial charge in [-0.15, -0.1) is 0 Å². The maximum atomic E-state index is 13.0. The molecule has 1 unspecified atom stereocenters. The fourth-order valence-corrected chi connectivity index (χ4v) is 5.93. The molecule has 1 aliphatic carbocycles. The molecule has 10 heteroatoms. The van der Waals surface area contributed by atoms with Crippen LogP contribution < -0.4 is 5.43 Å². The highest BCUT2D eigenvalue weighted by atomic mass is 35.5. The van der Waals surface area contributed by atoms with Crippen molar-refractivity contribution in [2.75, 3.05) is 33.2 Å². The Bertz CT molecular complexity index is 1190. The molecule has 2 aromatic carbocycles. The van der Waals surface area contributed by atoms with Gasteiger partial charge in [0, 0.05) is 42.3 Å². The molecule has 1 amide bonds. The Balaban J connectivity index is 1.55. The van der Waals surface area contributed by atoms with E-state index in [-0.39, 0.29) is 22.1 Å². The molecule has 8 nitrogen and oxygen atoms in total. The molecule has 2 aliphatic rings. The molecule has 2 aromatic rings. The number of piperazine rings is 1. The molecule has 1 heterocycles. The Hall–Kier alpha value is -2.46. The SMILES string of the molecule is CC1C/C(=N\NC(=O)c2cccc(S(=O)(=O)N3CCN(C)CC3)c2)c2c(O)ccc(Cl)c21. The summed E-state index contributed by atoms with van der Waals surface area (Å²) in [4.78, 5) is 14.9. The summed E-state index contributed by atoms with van der Waals surface area (Å²) in [6.07, 6.45) is 0.519. The number of phenols is 1. The summed E-state index contributed by atoms with van der Waals surface area (Å²) < 4.78 is 27.4. The Kier molecular flexibility index (Phi) is 6.26. The van der Waals surface area contributed by atoms with Crippen molar-refractivity contribution in [3.63, 3.8) is 0 Å². The van der Waals surface area contributed by atoms with Crippen molar-refractivity contribution in [2.45, 2.75) is 24.2 Å². The Labute approximate surface area is 192 Å². The molecule has 4 rings (SSSR count). The van der Waals surface area contributed by atoms with E-state index in [0.717, 1.165) is 5.56 Å². The number of hydrogen-bond donors (Lipinski definition) is 2. The molecule has 1 aliphatic heterocycles. The minimum atomic E-state index is -3.69. The topological polar surface area (TPSA) is 102 Å². The molecule has 170 valence electrons. The molecule has 0 aromatic heterocycles. The largest absolute Gasteiger partial charge is 0.507 e. The number of nitrogens with zero attached hydrogens (tertiary/aromatic N) is 3. The van der Waals surface area contributed by atoms with Crippen LogP contribution in [0.2, 0.25) is 5.02 Å². The second kappa shape index (κ2) is 8.82. The van der Waals surface area contributed by atoms with Crippen molar-refractivity contribution < 1.29 is 18.3 Å². The summed E-state index contributed by atoms with van der Waals surface area (Å²) in [5, 5.41) is 15.0. The van der Waals surface area contributed by atoms with Gasteiger partial charge < -0.3 is 10.0 Å². The first-order valence-electron chi connectivity index (χ1n) is 10.4. The first-order valence-corrected chi connectivity index (χ1v) is 12.2. The molecule has 0 radical (unpaired) electrons. The number of sulfonamides is 1. The fourth-order valence-electron chi connectivity index (χ4n) is 4.12. The van der Waals surface area contributed by atoms with E-state index >= 15 is 0 Å². The van der Waals surface area contributed by atoms with Gasteiger partial charge in [-0.1, -0.05) is 24.6 Å². The molecule has 0 saturated carbocycles. The highest BCUT2D eigenvalue weighted by molar-refractivity contribution is 7.89.